The zero-order valence-corrected chi connectivity index (χ0v) is 11.0. The third kappa shape index (κ3) is 6.45. The van der Waals surface area contributed by atoms with E-state index in [2.05, 4.69) is 34.6 Å². The lowest BCUT2D eigenvalue weighted by Gasteiger charge is -2.15. The van der Waals surface area contributed by atoms with Crippen LogP contribution < -0.4 is 0 Å². The van der Waals surface area contributed by atoms with Crippen molar-refractivity contribution in [3.63, 3.8) is 0 Å². The van der Waals surface area contributed by atoms with Crippen LogP contribution in [-0.2, 0) is 0 Å². The molecule has 2 saturated carbocycles. The Morgan fingerprint density at radius 3 is 1.64 bits per heavy atom. The highest BCUT2D eigenvalue weighted by molar-refractivity contribution is 4.91. The molecule has 2 fully saturated rings. The van der Waals surface area contributed by atoms with Crippen LogP contribution in [0.1, 0.15) is 73.1 Å². The quantitative estimate of drug-likeness (QED) is 0.497. The van der Waals surface area contributed by atoms with Gasteiger partial charge in [-0.3, -0.25) is 0 Å². The van der Waals surface area contributed by atoms with Gasteiger partial charge in [-0.2, -0.15) is 0 Å². The van der Waals surface area contributed by atoms with E-state index in [1.807, 2.05) is 0 Å². The summed E-state index contributed by atoms with van der Waals surface area (Å²) in [6.45, 7) is 10.9. The first-order valence-electron chi connectivity index (χ1n) is 6.69. The molecule has 2 rings (SSSR count). The second-order valence-electron chi connectivity index (χ2n) is 5.09. The Balaban J connectivity index is 0.000000242. The Labute approximate surface area is 91.5 Å². The van der Waals surface area contributed by atoms with Gasteiger partial charge in [0, 0.05) is 0 Å². The molecule has 0 saturated heterocycles. The van der Waals surface area contributed by atoms with Crippen LogP contribution >= 0.6 is 0 Å². The van der Waals surface area contributed by atoms with Crippen molar-refractivity contribution in [2.75, 3.05) is 0 Å². The summed E-state index contributed by atoms with van der Waals surface area (Å²) in [4.78, 5) is 0. The molecule has 0 aromatic carbocycles. The molecule has 0 heterocycles. The van der Waals surface area contributed by atoms with Crippen LogP contribution in [0, 0.1) is 17.8 Å². The first-order valence-corrected chi connectivity index (χ1v) is 6.69. The average Bonchev–Trinajstić information content (AvgIpc) is 2.85. The van der Waals surface area contributed by atoms with Crippen LogP contribution in [0.5, 0.6) is 0 Å². The van der Waals surface area contributed by atoms with Crippen LogP contribution in [0.4, 0.5) is 0 Å². The fourth-order valence-corrected chi connectivity index (χ4v) is 2.09. The van der Waals surface area contributed by atoms with Crippen LogP contribution in [-0.4, -0.2) is 0 Å². The standard InChI is InChI=1S/C8H14.2C3H8/c1-6-2-3-7-5-8(7)4-6;2*1-3-2/h6-8H,2-5H2,1H3;2*3H2,1-2H3. The Bertz CT molecular complexity index is 115. The van der Waals surface area contributed by atoms with Crippen molar-refractivity contribution in [2.24, 2.45) is 17.8 Å². The lowest BCUT2D eigenvalue weighted by Crippen LogP contribution is -2.03. The first-order chi connectivity index (χ1) is 6.69. The SMILES string of the molecule is CC1CCC2CC2C1.CCC.CCC. The fraction of sp³-hybridized carbons (Fsp3) is 1.00. The summed E-state index contributed by atoms with van der Waals surface area (Å²) < 4.78 is 0. The summed E-state index contributed by atoms with van der Waals surface area (Å²) in [7, 11) is 0. The van der Waals surface area contributed by atoms with Gasteiger partial charge in [-0.1, -0.05) is 53.9 Å². The van der Waals surface area contributed by atoms with E-state index in [1.165, 1.54) is 31.1 Å². The highest BCUT2D eigenvalue weighted by Gasteiger charge is 2.40. The van der Waals surface area contributed by atoms with Crippen molar-refractivity contribution in [1.82, 2.24) is 0 Å². The maximum atomic E-state index is 2.40. The molecule has 2 aliphatic rings. The number of rotatable bonds is 0. The second-order valence-corrected chi connectivity index (χ2v) is 5.09. The Hall–Kier alpha value is 0. The molecule has 0 spiro atoms. The van der Waals surface area contributed by atoms with Gasteiger partial charge in [0.1, 0.15) is 0 Å². The maximum absolute atomic E-state index is 2.40. The maximum Gasteiger partial charge on any atom is -0.0380 e. The van der Waals surface area contributed by atoms with E-state index < -0.39 is 0 Å². The smallest absolute Gasteiger partial charge is 0.0380 e. The Kier molecular flexibility index (Phi) is 8.32. The van der Waals surface area contributed by atoms with Crippen LogP contribution in [0.2, 0.25) is 0 Å². The Morgan fingerprint density at radius 1 is 0.786 bits per heavy atom. The molecule has 0 aromatic heterocycles. The zero-order valence-electron chi connectivity index (χ0n) is 11.0. The van der Waals surface area contributed by atoms with Crippen molar-refractivity contribution in [3.05, 3.63) is 0 Å². The van der Waals surface area contributed by atoms with Gasteiger partial charge in [-0.05, 0) is 37.0 Å². The van der Waals surface area contributed by atoms with Crippen molar-refractivity contribution >= 4 is 0 Å². The number of hydrogen-bond acceptors (Lipinski definition) is 0. The molecule has 0 aliphatic heterocycles. The lowest BCUT2D eigenvalue weighted by atomic mass is 9.91. The molecule has 3 atom stereocenters. The van der Waals surface area contributed by atoms with E-state index in [1.54, 1.807) is 19.3 Å². The normalized spacial score (nSPS) is 32.8. The van der Waals surface area contributed by atoms with Crippen molar-refractivity contribution in [2.45, 2.75) is 73.1 Å². The van der Waals surface area contributed by atoms with Gasteiger partial charge in [-0.25, -0.2) is 0 Å². The van der Waals surface area contributed by atoms with Crippen LogP contribution in [0.25, 0.3) is 0 Å². The summed E-state index contributed by atoms with van der Waals surface area (Å²) >= 11 is 0. The van der Waals surface area contributed by atoms with Gasteiger partial charge in [-0.15, -0.1) is 0 Å². The minimum absolute atomic E-state index is 1.05. The topological polar surface area (TPSA) is 0 Å². The van der Waals surface area contributed by atoms with Crippen LogP contribution in [0.15, 0.2) is 0 Å². The molecule has 86 valence electrons. The van der Waals surface area contributed by atoms with Gasteiger partial charge in [0.2, 0.25) is 0 Å². The lowest BCUT2D eigenvalue weighted by molar-refractivity contribution is 0.368. The van der Waals surface area contributed by atoms with Crippen molar-refractivity contribution < 1.29 is 0 Å². The molecule has 2 aliphatic carbocycles. The van der Waals surface area contributed by atoms with E-state index in [4.69, 9.17) is 0 Å². The van der Waals surface area contributed by atoms with E-state index in [9.17, 15) is 0 Å². The van der Waals surface area contributed by atoms with Crippen molar-refractivity contribution in [3.8, 4) is 0 Å². The highest BCUT2D eigenvalue weighted by atomic mass is 14.5. The summed E-state index contributed by atoms with van der Waals surface area (Å²) in [5.74, 6) is 3.42. The molecular weight excluding hydrogens is 168 g/mol. The molecule has 3 unspecified atom stereocenters. The zero-order chi connectivity index (χ0) is 11.0. The van der Waals surface area contributed by atoms with Crippen molar-refractivity contribution in [1.29, 1.82) is 0 Å². The number of fused-ring (bicyclic) bond motifs is 1. The fourth-order valence-electron chi connectivity index (χ4n) is 2.09. The van der Waals surface area contributed by atoms with Gasteiger partial charge in [0.15, 0.2) is 0 Å². The largest absolute Gasteiger partial charge is 0.0656 e. The monoisotopic (exact) mass is 198 g/mol. The van der Waals surface area contributed by atoms with E-state index >= 15 is 0 Å². The average molecular weight is 198 g/mol. The first kappa shape index (κ1) is 14.0. The van der Waals surface area contributed by atoms with Gasteiger partial charge in [0.05, 0.1) is 0 Å². The van der Waals surface area contributed by atoms with Gasteiger partial charge >= 0.3 is 0 Å². The third-order valence-corrected chi connectivity index (χ3v) is 2.80. The number of hydrogen-bond donors (Lipinski definition) is 0. The molecular formula is C14H30. The molecule has 0 heteroatoms. The summed E-state index contributed by atoms with van der Waals surface area (Å²) in [5, 5.41) is 0. The second kappa shape index (κ2) is 8.32. The minimum atomic E-state index is 1.05. The molecule has 0 aromatic rings. The van der Waals surface area contributed by atoms with E-state index in [-0.39, 0.29) is 0 Å². The van der Waals surface area contributed by atoms with Gasteiger partial charge in [0.25, 0.3) is 0 Å². The van der Waals surface area contributed by atoms with E-state index in [0.717, 1.165) is 5.92 Å². The molecule has 0 nitrogen and oxygen atoms in total. The summed E-state index contributed by atoms with van der Waals surface area (Å²) in [5.41, 5.74) is 0. The van der Waals surface area contributed by atoms with E-state index in [0.29, 0.717) is 0 Å². The summed E-state index contributed by atoms with van der Waals surface area (Å²) in [6.07, 6.45) is 8.68. The third-order valence-electron chi connectivity index (χ3n) is 2.80. The predicted octanol–water partition coefficient (Wildman–Crippen LogP) is 5.28. The molecule has 0 amide bonds. The molecule has 0 bridgehead atoms. The van der Waals surface area contributed by atoms with Crippen LogP contribution in [0.3, 0.4) is 0 Å². The molecule has 0 N–H and O–H groups in total. The highest BCUT2D eigenvalue weighted by Crippen LogP contribution is 2.51. The summed E-state index contributed by atoms with van der Waals surface area (Å²) in [6, 6.07) is 0. The predicted molar refractivity (Wildman–Crippen MR) is 66.5 cm³/mol. The molecule has 0 radical (unpaired) electrons. The Morgan fingerprint density at radius 2 is 1.29 bits per heavy atom. The minimum Gasteiger partial charge on any atom is -0.0656 e. The van der Waals surface area contributed by atoms with Gasteiger partial charge < -0.3 is 0 Å². The molecule has 14 heavy (non-hydrogen) atoms.